The molecular weight excluding hydrogens is 304 g/mol. The predicted octanol–water partition coefficient (Wildman–Crippen LogP) is -1.20. The minimum atomic E-state index is -1.08. The van der Waals surface area contributed by atoms with Gasteiger partial charge in [0.05, 0.1) is 10.9 Å². The molecule has 9 heteroatoms. The first-order valence-corrected chi connectivity index (χ1v) is 6.94. The van der Waals surface area contributed by atoms with Gasteiger partial charge in [0.25, 0.3) is 11.5 Å². The molecule has 1 aromatic carbocycles. The maximum atomic E-state index is 12.5. The number of H-pyrrole nitrogens is 1. The van der Waals surface area contributed by atoms with Crippen molar-refractivity contribution in [2.45, 2.75) is 19.0 Å². The van der Waals surface area contributed by atoms with E-state index in [0.29, 0.717) is 10.9 Å². The molecule has 23 heavy (non-hydrogen) atoms. The molecule has 1 aromatic heterocycles. The summed E-state index contributed by atoms with van der Waals surface area (Å²) in [4.78, 5) is 55.5. The van der Waals surface area contributed by atoms with Crippen molar-refractivity contribution in [3.05, 3.63) is 45.1 Å². The van der Waals surface area contributed by atoms with Crippen molar-refractivity contribution in [1.29, 1.82) is 0 Å². The number of carbonyl (C=O) groups excluding carboxylic acids is 2. The normalized spacial score (nSPS) is 18.7. The van der Waals surface area contributed by atoms with Crippen LogP contribution in [0.5, 0.6) is 0 Å². The molecule has 1 aliphatic heterocycles. The predicted molar refractivity (Wildman–Crippen MR) is 79.6 cm³/mol. The van der Waals surface area contributed by atoms with Crippen molar-refractivity contribution in [3.8, 4) is 0 Å². The summed E-state index contributed by atoms with van der Waals surface area (Å²) in [7, 11) is 0. The molecule has 0 radical (unpaired) electrons. The maximum absolute atomic E-state index is 12.5. The molecule has 2 heterocycles. The molecule has 9 nitrogen and oxygen atoms in total. The largest absolute Gasteiger partial charge is 0.340 e. The van der Waals surface area contributed by atoms with Gasteiger partial charge in [0, 0.05) is 0 Å². The van der Waals surface area contributed by atoms with Crippen molar-refractivity contribution < 1.29 is 14.4 Å². The second-order valence-electron chi connectivity index (χ2n) is 5.17. The Morgan fingerprint density at radius 1 is 1.35 bits per heavy atom. The Bertz CT molecular complexity index is 900. The van der Waals surface area contributed by atoms with Gasteiger partial charge in [-0.3, -0.25) is 19.2 Å². The Balaban J connectivity index is 1.96. The highest BCUT2D eigenvalue weighted by Crippen LogP contribution is 2.07. The molecule has 0 bridgehead atoms. The SMILES string of the molecule is C[C@H](C(=O)N[C@@H]1CONC1=O)n1c(=O)[nH]c2ccccc2c1=O. The summed E-state index contributed by atoms with van der Waals surface area (Å²) in [5.74, 6) is -1.11. The molecule has 2 aromatic rings. The Hall–Kier alpha value is -2.94. The number of fused-ring (bicyclic) bond motifs is 1. The Kier molecular flexibility index (Phi) is 3.70. The third-order valence-electron chi connectivity index (χ3n) is 3.66. The third kappa shape index (κ3) is 2.61. The summed E-state index contributed by atoms with van der Waals surface area (Å²) in [5.41, 5.74) is 1.25. The van der Waals surface area contributed by atoms with Crippen LogP contribution in [0, 0.1) is 0 Å². The smallest absolute Gasteiger partial charge is 0.329 e. The second kappa shape index (κ2) is 5.69. The summed E-state index contributed by atoms with van der Waals surface area (Å²) in [6, 6.07) is 4.60. The summed E-state index contributed by atoms with van der Waals surface area (Å²) in [5, 5.41) is 2.74. The van der Waals surface area contributed by atoms with Crippen molar-refractivity contribution in [3.63, 3.8) is 0 Å². The standard InChI is InChI=1S/C14H14N4O5/c1-7(11(19)15-10-6-23-17-12(10)20)18-13(21)8-4-2-3-5-9(8)16-14(18)22/h2-5,7,10H,6H2,1H3,(H,15,19)(H,16,22)(H,17,20)/t7-,10-/m1/s1. The van der Waals surface area contributed by atoms with E-state index in [4.69, 9.17) is 4.84 Å². The number of hydrogen-bond acceptors (Lipinski definition) is 5. The van der Waals surface area contributed by atoms with Gasteiger partial charge in [-0.2, -0.15) is 0 Å². The topological polar surface area (TPSA) is 122 Å². The number of nitrogens with one attached hydrogen (secondary N) is 3. The number of hydroxylamine groups is 1. The van der Waals surface area contributed by atoms with Crippen LogP contribution in [0.25, 0.3) is 10.9 Å². The van der Waals surface area contributed by atoms with Gasteiger partial charge >= 0.3 is 5.69 Å². The zero-order valence-corrected chi connectivity index (χ0v) is 12.2. The van der Waals surface area contributed by atoms with E-state index in [2.05, 4.69) is 15.8 Å². The van der Waals surface area contributed by atoms with Crippen LogP contribution in [0.1, 0.15) is 13.0 Å². The third-order valence-corrected chi connectivity index (χ3v) is 3.66. The van der Waals surface area contributed by atoms with Gasteiger partial charge < -0.3 is 10.3 Å². The summed E-state index contributed by atoms with van der Waals surface area (Å²) in [6.45, 7) is 1.40. The van der Waals surface area contributed by atoms with Crippen LogP contribution in [0.15, 0.2) is 33.9 Å². The molecule has 1 fully saturated rings. The van der Waals surface area contributed by atoms with Gasteiger partial charge in [0.15, 0.2) is 0 Å². The fraction of sp³-hybridized carbons (Fsp3) is 0.286. The molecule has 0 saturated carbocycles. The van der Waals surface area contributed by atoms with E-state index in [1.165, 1.54) is 6.92 Å². The van der Waals surface area contributed by atoms with Crippen molar-refractivity contribution in [1.82, 2.24) is 20.3 Å². The van der Waals surface area contributed by atoms with E-state index >= 15 is 0 Å². The lowest BCUT2D eigenvalue weighted by Gasteiger charge is -2.16. The zero-order valence-electron chi connectivity index (χ0n) is 12.2. The Morgan fingerprint density at radius 3 is 2.78 bits per heavy atom. The molecule has 120 valence electrons. The van der Waals surface area contributed by atoms with Gasteiger partial charge in [-0.15, -0.1) is 0 Å². The van der Waals surface area contributed by atoms with Gasteiger partial charge in [0.2, 0.25) is 5.91 Å². The van der Waals surface area contributed by atoms with Gasteiger partial charge in [0.1, 0.15) is 18.7 Å². The lowest BCUT2D eigenvalue weighted by molar-refractivity contribution is -0.130. The monoisotopic (exact) mass is 318 g/mol. The highest BCUT2D eigenvalue weighted by Gasteiger charge is 2.30. The van der Waals surface area contributed by atoms with Crippen LogP contribution in [-0.2, 0) is 14.4 Å². The van der Waals surface area contributed by atoms with Crippen molar-refractivity contribution in [2.24, 2.45) is 0 Å². The first-order valence-electron chi connectivity index (χ1n) is 6.94. The van der Waals surface area contributed by atoms with Crippen LogP contribution < -0.4 is 22.0 Å². The van der Waals surface area contributed by atoms with E-state index in [9.17, 15) is 19.2 Å². The van der Waals surface area contributed by atoms with Gasteiger partial charge in [-0.05, 0) is 19.1 Å². The lowest BCUT2D eigenvalue weighted by Crippen LogP contribution is -2.48. The Morgan fingerprint density at radius 2 is 2.09 bits per heavy atom. The number of hydrogen-bond donors (Lipinski definition) is 3. The molecule has 0 aliphatic carbocycles. The van der Waals surface area contributed by atoms with E-state index < -0.39 is 35.1 Å². The number of nitrogens with zero attached hydrogens (tertiary/aromatic N) is 1. The number of aromatic nitrogens is 2. The molecule has 2 amide bonds. The molecule has 1 aliphatic rings. The highest BCUT2D eigenvalue weighted by atomic mass is 16.7. The minimum absolute atomic E-state index is 0.0136. The molecule has 3 rings (SSSR count). The number of rotatable bonds is 3. The first kappa shape index (κ1) is 15.0. The fourth-order valence-corrected chi connectivity index (χ4v) is 2.39. The summed E-state index contributed by atoms with van der Waals surface area (Å²) >= 11 is 0. The molecular formula is C14H14N4O5. The summed E-state index contributed by atoms with van der Waals surface area (Å²) < 4.78 is 0.825. The highest BCUT2D eigenvalue weighted by molar-refractivity contribution is 5.89. The lowest BCUT2D eigenvalue weighted by atomic mass is 10.2. The van der Waals surface area contributed by atoms with Crippen LogP contribution >= 0.6 is 0 Å². The van der Waals surface area contributed by atoms with E-state index in [1.807, 2.05) is 0 Å². The number of carbonyl (C=O) groups is 2. The number of aromatic amines is 1. The van der Waals surface area contributed by atoms with Crippen molar-refractivity contribution in [2.75, 3.05) is 6.61 Å². The number of benzene rings is 1. The Labute approximate surface area is 129 Å². The van der Waals surface area contributed by atoms with E-state index in [-0.39, 0.29) is 6.61 Å². The average Bonchev–Trinajstić information content (AvgIpc) is 2.92. The number of amides is 2. The minimum Gasteiger partial charge on any atom is -0.340 e. The molecule has 0 spiro atoms. The van der Waals surface area contributed by atoms with E-state index in [1.54, 1.807) is 24.3 Å². The van der Waals surface area contributed by atoms with Gasteiger partial charge in [-0.1, -0.05) is 12.1 Å². The molecule has 2 atom stereocenters. The molecule has 1 saturated heterocycles. The van der Waals surface area contributed by atoms with Crippen LogP contribution in [0.4, 0.5) is 0 Å². The van der Waals surface area contributed by atoms with E-state index in [0.717, 1.165) is 4.57 Å². The van der Waals surface area contributed by atoms with Crippen molar-refractivity contribution >= 4 is 22.7 Å². The second-order valence-corrected chi connectivity index (χ2v) is 5.17. The first-order chi connectivity index (χ1) is 11.0. The number of para-hydroxylation sites is 1. The average molecular weight is 318 g/mol. The summed E-state index contributed by atoms with van der Waals surface area (Å²) in [6.07, 6.45) is 0. The van der Waals surface area contributed by atoms with Gasteiger partial charge in [-0.25, -0.2) is 14.8 Å². The van der Waals surface area contributed by atoms with Crippen LogP contribution in [-0.4, -0.2) is 34.0 Å². The molecule has 0 unspecified atom stereocenters. The van der Waals surface area contributed by atoms with Crippen LogP contribution in [0.2, 0.25) is 0 Å². The fourth-order valence-electron chi connectivity index (χ4n) is 2.39. The maximum Gasteiger partial charge on any atom is 0.329 e. The molecule has 3 N–H and O–H groups in total. The van der Waals surface area contributed by atoms with Crippen LogP contribution in [0.3, 0.4) is 0 Å². The zero-order chi connectivity index (χ0) is 16.6. The quantitative estimate of drug-likeness (QED) is 0.656.